The van der Waals surface area contributed by atoms with E-state index in [1.54, 1.807) is 24.4 Å². The highest BCUT2D eigenvalue weighted by Crippen LogP contribution is 2.18. The second kappa shape index (κ2) is 4.49. The van der Waals surface area contributed by atoms with Crippen molar-refractivity contribution in [3.8, 4) is 0 Å². The Morgan fingerprint density at radius 3 is 2.63 bits per heavy atom. The number of hydrogen-bond acceptors (Lipinski definition) is 4. The second-order valence-electron chi connectivity index (χ2n) is 4.19. The molecule has 0 radical (unpaired) electrons. The Morgan fingerprint density at radius 2 is 1.84 bits per heavy atom. The van der Waals surface area contributed by atoms with Gasteiger partial charge in [-0.25, -0.2) is 0 Å². The fourth-order valence-electron chi connectivity index (χ4n) is 1.97. The van der Waals surface area contributed by atoms with Gasteiger partial charge in [-0.05, 0) is 24.3 Å². The lowest BCUT2D eigenvalue weighted by molar-refractivity contribution is 0.103. The number of pyridine rings is 2. The number of anilines is 1. The van der Waals surface area contributed by atoms with Gasteiger partial charge in [-0.2, -0.15) is 0 Å². The van der Waals surface area contributed by atoms with Gasteiger partial charge in [0.25, 0.3) is 0 Å². The lowest BCUT2D eigenvalue weighted by Gasteiger charge is -2.04. The van der Waals surface area contributed by atoms with E-state index in [-0.39, 0.29) is 5.78 Å². The van der Waals surface area contributed by atoms with E-state index >= 15 is 0 Å². The fraction of sp³-hybridized carbons (Fsp3) is 0. The predicted molar refractivity (Wildman–Crippen MR) is 73.8 cm³/mol. The third kappa shape index (κ3) is 2.04. The minimum absolute atomic E-state index is 0.149. The smallest absolute Gasteiger partial charge is 0.213 e. The minimum atomic E-state index is -0.149. The van der Waals surface area contributed by atoms with Crippen molar-refractivity contribution in [3.05, 3.63) is 66.1 Å². The number of nitrogen functional groups attached to an aromatic ring is 1. The number of para-hydroxylation sites is 1. The van der Waals surface area contributed by atoms with Gasteiger partial charge in [0.15, 0.2) is 0 Å². The van der Waals surface area contributed by atoms with Crippen LogP contribution < -0.4 is 5.73 Å². The van der Waals surface area contributed by atoms with Crippen molar-refractivity contribution >= 4 is 22.4 Å². The lowest BCUT2D eigenvalue weighted by Crippen LogP contribution is -2.05. The maximum atomic E-state index is 12.4. The SMILES string of the molecule is Nc1ccc(C(=O)c2cccc3cccnc23)nc1. The van der Waals surface area contributed by atoms with Crippen LogP contribution in [0.2, 0.25) is 0 Å². The van der Waals surface area contributed by atoms with Crippen LogP contribution in [0.25, 0.3) is 10.9 Å². The Balaban J connectivity index is 2.14. The molecule has 3 aromatic rings. The van der Waals surface area contributed by atoms with E-state index in [1.165, 1.54) is 6.20 Å². The number of nitrogens with two attached hydrogens (primary N) is 1. The highest BCUT2D eigenvalue weighted by molar-refractivity contribution is 6.14. The molecule has 0 fully saturated rings. The molecule has 0 aliphatic heterocycles. The summed E-state index contributed by atoms with van der Waals surface area (Å²) in [6.45, 7) is 0. The summed E-state index contributed by atoms with van der Waals surface area (Å²) < 4.78 is 0. The molecule has 0 atom stereocenters. The van der Waals surface area contributed by atoms with Crippen LogP contribution in [-0.4, -0.2) is 15.8 Å². The summed E-state index contributed by atoms with van der Waals surface area (Å²) in [6, 6.07) is 12.6. The number of nitrogens with zero attached hydrogens (tertiary/aromatic N) is 2. The summed E-state index contributed by atoms with van der Waals surface area (Å²) in [5, 5.41) is 0.934. The first kappa shape index (κ1) is 11.3. The van der Waals surface area contributed by atoms with Gasteiger partial charge in [-0.15, -0.1) is 0 Å². The lowest BCUT2D eigenvalue weighted by atomic mass is 10.0. The van der Waals surface area contributed by atoms with Crippen LogP contribution in [-0.2, 0) is 0 Å². The standard InChI is InChI=1S/C15H11N3O/c16-11-6-7-13(18-9-11)15(19)12-5-1-3-10-4-2-8-17-14(10)12/h1-9H,16H2. The first-order valence-electron chi connectivity index (χ1n) is 5.86. The molecule has 0 bridgehead atoms. The van der Waals surface area contributed by atoms with E-state index in [4.69, 9.17) is 5.73 Å². The van der Waals surface area contributed by atoms with E-state index < -0.39 is 0 Å². The largest absolute Gasteiger partial charge is 0.397 e. The van der Waals surface area contributed by atoms with Crippen LogP contribution in [0.3, 0.4) is 0 Å². The first-order chi connectivity index (χ1) is 9.25. The zero-order valence-electron chi connectivity index (χ0n) is 10.1. The van der Waals surface area contributed by atoms with Crippen molar-refractivity contribution in [3.63, 3.8) is 0 Å². The highest BCUT2D eigenvalue weighted by Gasteiger charge is 2.14. The van der Waals surface area contributed by atoms with E-state index in [1.807, 2.05) is 24.3 Å². The summed E-state index contributed by atoms with van der Waals surface area (Å²) in [5.41, 5.74) is 7.71. The Kier molecular flexibility index (Phi) is 2.68. The number of carbonyl (C=O) groups is 1. The van der Waals surface area contributed by atoms with Crippen LogP contribution in [0.15, 0.2) is 54.9 Å². The van der Waals surface area contributed by atoms with Crippen molar-refractivity contribution in [1.29, 1.82) is 0 Å². The maximum Gasteiger partial charge on any atom is 0.213 e. The van der Waals surface area contributed by atoms with Gasteiger partial charge in [0.2, 0.25) is 5.78 Å². The number of aromatic nitrogens is 2. The topological polar surface area (TPSA) is 68.9 Å². The molecule has 2 aromatic heterocycles. The van der Waals surface area contributed by atoms with Crippen LogP contribution in [0, 0.1) is 0 Å². The first-order valence-corrected chi connectivity index (χ1v) is 5.86. The number of hydrogen-bond donors (Lipinski definition) is 1. The predicted octanol–water partition coefficient (Wildman–Crippen LogP) is 2.44. The van der Waals surface area contributed by atoms with Gasteiger partial charge in [-0.1, -0.05) is 18.2 Å². The zero-order valence-corrected chi connectivity index (χ0v) is 10.1. The molecule has 0 spiro atoms. The Hall–Kier alpha value is -2.75. The number of rotatable bonds is 2. The van der Waals surface area contributed by atoms with Crippen molar-refractivity contribution in [1.82, 2.24) is 9.97 Å². The van der Waals surface area contributed by atoms with E-state index in [9.17, 15) is 4.79 Å². The molecule has 4 nitrogen and oxygen atoms in total. The number of ketones is 1. The van der Waals surface area contributed by atoms with Crippen molar-refractivity contribution in [2.75, 3.05) is 5.73 Å². The molecular weight excluding hydrogens is 238 g/mol. The molecule has 2 N–H and O–H groups in total. The Labute approximate surface area is 109 Å². The number of carbonyl (C=O) groups excluding carboxylic acids is 1. The molecule has 2 heterocycles. The zero-order chi connectivity index (χ0) is 13.2. The molecule has 0 saturated heterocycles. The Bertz CT molecular complexity index is 745. The van der Waals surface area contributed by atoms with E-state index in [2.05, 4.69) is 9.97 Å². The van der Waals surface area contributed by atoms with Gasteiger partial charge < -0.3 is 5.73 Å². The van der Waals surface area contributed by atoms with Crippen molar-refractivity contribution in [2.24, 2.45) is 0 Å². The molecule has 3 rings (SSSR count). The average Bonchev–Trinajstić information content (AvgIpc) is 2.47. The quantitative estimate of drug-likeness (QED) is 0.708. The van der Waals surface area contributed by atoms with Crippen LogP contribution in [0.5, 0.6) is 0 Å². The molecule has 0 saturated carbocycles. The van der Waals surface area contributed by atoms with Gasteiger partial charge in [0.1, 0.15) is 5.69 Å². The summed E-state index contributed by atoms with van der Waals surface area (Å²) in [5.74, 6) is -0.149. The van der Waals surface area contributed by atoms with Crippen LogP contribution in [0.4, 0.5) is 5.69 Å². The molecule has 0 aliphatic rings. The van der Waals surface area contributed by atoms with Gasteiger partial charge in [0, 0.05) is 11.6 Å². The fourth-order valence-corrected chi connectivity index (χ4v) is 1.97. The summed E-state index contributed by atoms with van der Waals surface area (Å²) in [4.78, 5) is 20.8. The molecule has 4 heteroatoms. The van der Waals surface area contributed by atoms with Crippen molar-refractivity contribution < 1.29 is 4.79 Å². The molecule has 19 heavy (non-hydrogen) atoms. The summed E-state index contributed by atoms with van der Waals surface area (Å²) in [7, 11) is 0. The molecule has 1 aromatic carbocycles. The third-order valence-electron chi connectivity index (χ3n) is 2.90. The monoisotopic (exact) mass is 249 g/mol. The average molecular weight is 249 g/mol. The summed E-state index contributed by atoms with van der Waals surface area (Å²) in [6.07, 6.45) is 3.15. The van der Waals surface area contributed by atoms with E-state index in [0.717, 1.165) is 5.39 Å². The Morgan fingerprint density at radius 1 is 1.00 bits per heavy atom. The maximum absolute atomic E-state index is 12.4. The minimum Gasteiger partial charge on any atom is -0.397 e. The molecule has 0 amide bonds. The normalized spacial score (nSPS) is 10.5. The van der Waals surface area contributed by atoms with Crippen molar-refractivity contribution in [2.45, 2.75) is 0 Å². The van der Waals surface area contributed by atoms with Crippen LogP contribution in [0.1, 0.15) is 16.1 Å². The van der Waals surface area contributed by atoms with Gasteiger partial charge in [-0.3, -0.25) is 14.8 Å². The number of benzene rings is 1. The molecular formula is C15H11N3O. The van der Waals surface area contributed by atoms with Crippen LogP contribution >= 0.6 is 0 Å². The molecule has 0 aliphatic carbocycles. The van der Waals surface area contributed by atoms with Gasteiger partial charge in [0.05, 0.1) is 23.0 Å². The van der Waals surface area contributed by atoms with Gasteiger partial charge >= 0.3 is 0 Å². The second-order valence-corrected chi connectivity index (χ2v) is 4.19. The molecule has 92 valence electrons. The van der Waals surface area contributed by atoms with E-state index in [0.29, 0.717) is 22.5 Å². The highest BCUT2D eigenvalue weighted by atomic mass is 16.1. The number of fused-ring (bicyclic) bond motifs is 1. The summed E-state index contributed by atoms with van der Waals surface area (Å²) >= 11 is 0. The molecule has 0 unspecified atom stereocenters. The third-order valence-corrected chi connectivity index (χ3v) is 2.90.